The number of halogens is 3. The SMILES string of the molecule is Cc1ccc(C(=O)N2CCN(C(=O)CCCSc3nnc(-c4ccccc4)n3-c3cccc(C(F)(F)F)c3)CC2C)cc1[N+](=O)[O-]. The van der Waals surface area contributed by atoms with Gasteiger partial charge in [0.2, 0.25) is 5.91 Å². The van der Waals surface area contributed by atoms with Gasteiger partial charge in [-0.3, -0.25) is 24.3 Å². The maximum atomic E-state index is 13.5. The molecule has 0 saturated carbocycles. The molecule has 1 atom stereocenters. The number of hydrogen-bond donors (Lipinski definition) is 0. The number of alkyl halides is 3. The highest BCUT2D eigenvalue weighted by molar-refractivity contribution is 7.99. The molecular formula is C32H31F3N6O4S. The van der Waals surface area contributed by atoms with Crippen molar-refractivity contribution in [2.24, 2.45) is 0 Å². The largest absolute Gasteiger partial charge is 0.416 e. The van der Waals surface area contributed by atoms with Crippen LogP contribution in [0.1, 0.15) is 41.3 Å². The molecule has 1 unspecified atom stereocenters. The number of carbonyl (C=O) groups is 2. The van der Waals surface area contributed by atoms with Gasteiger partial charge in [-0.15, -0.1) is 10.2 Å². The second kappa shape index (κ2) is 13.7. The minimum atomic E-state index is -4.51. The van der Waals surface area contributed by atoms with Gasteiger partial charge in [0, 0.05) is 60.6 Å². The summed E-state index contributed by atoms with van der Waals surface area (Å²) in [5.41, 5.74) is 0.774. The summed E-state index contributed by atoms with van der Waals surface area (Å²) in [5.74, 6) is 0.478. The summed E-state index contributed by atoms with van der Waals surface area (Å²) < 4.78 is 42.1. The lowest BCUT2D eigenvalue weighted by atomic mass is 10.1. The first-order chi connectivity index (χ1) is 21.9. The molecule has 5 rings (SSSR count). The quantitative estimate of drug-likeness (QED) is 0.0888. The van der Waals surface area contributed by atoms with Crippen molar-refractivity contribution >= 4 is 29.3 Å². The fraction of sp³-hybridized carbons (Fsp3) is 0.312. The third kappa shape index (κ3) is 7.22. The highest BCUT2D eigenvalue weighted by atomic mass is 32.2. The van der Waals surface area contributed by atoms with Gasteiger partial charge in [0.25, 0.3) is 11.6 Å². The standard InChI is InChI=1S/C32H31F3N6O4S/c1-21-13-14-24(18-27(21)41(44)45)30(43)39-16-15-38(20-22(39)2)28(42)12-7-17-46-31-37-36-29(23-8-4-3-5-9-23)40(31)26-11-6-10-25(19-26)32(33,34)35/h3-6,8-11,13-14,18-19,22H,7,12,15-17,20H2,1-2H3. The highest BCUT2D eigenvalue weighted by Gasteiger charge is 2.32. The van der Waals surface area contributed by atoms with Gasteiger partial charge < -0.3 is 9.80 Å². The highest BCUT2D eigenvalue weighted by Crippen LogP contribution is 2.33. The van der Waals surface area contributed by atoms with Gasteiger partial charge in [-0.2, -0.15) is 13.2 Å². The molecule has 1 fully saturated rings. The molecule has 1 aliphatic rings. The van der Waals surface area contributed by atoms with Crippen molar-refractivity contribution in [1.29, 1.82) is 0 Å². The fourth-order valence-corrected chi connectivity index (χ4v) is 6.22. The van der Waals surface area contributed by atoms with Crippen molar-refractivity contribution in [1.82, 2.24) is 24.6 Å². The summed E-state index contributed by atoms with van der Waals surface area (Å²) in [6, 6.07) is 18.2. The molecule has 46 heavy (non-hydrogen) atoms. The van der Waals surface area contributed by atoms with Crippen LogP contribution in [0.2, 0.25) is 0 Å². The van der Waals surface area contributed by atoms with Crippen LogP contribution in [0.5, 0.6) is 0 Å². The number of aromatic nitrogens is 3. The number of nitrogens with zero attached hydrogens (tertiary/aromatic N) is 6. The van der Waals surface area contributed by atoms with Crippen LogP contribution in [0.4, 0.5) is 18.9 Å². The van der Waals surface area contributed by atoms with Crippen LogP contribution in [0, 0.1) is 17.0 Å². The fourth-order valence-electron chi connectivity index (χ4n) is 5.33. The van der Waals surface area contributed by atoms with Gasteiger partial charge in [0.1, 0.15) is 0 Å². The van der Waals surface area contributed by atoms with Gasteiger partial charge >= 0.3 is 6.18 Å². The lowest BCUT2D eigenvalue weighted by Crippen LogP contribution is -2.55. The van der Waals surface area contributed by atoms with E-state index in [0.717, 1.165) is 12.1 Å². The number of benzene rings is 3. The van der Waals surface area contributed by atoms with E-state index in [-0.39, 0.29) is 41.2 Å². The van der Waals surface area contributed by atoms with Crippen LogP contribution in [0.3, 0.4) is 0 Å². The van der Waals surface area contributed by atoms with Crippen molar-refractivity contribution in [3.05, 3.63) is 99.6 Å². The Balaban J connectivity index is 1.21. The summed E-state index contributed by atoms with van der Waals surface area (Å²) in [4.78, 5) is 40.3. The molecule has 3 aromatic carbocycles. The Morgan fingerprint density at radius 1 is 1.02 bits per heavy atom. The Bertz CT molecular complexity index is 1750. The number of aryl methyl sites for hydroxylation is 1. The summed E-state index contributed by atoms with van der Waals surface area (Å²) in [5, 5.41) is 20.3. The van der Waals surface area contributed by atoms with Gasteiger partial charge in [-0.05, 0) is 44.5 Å². The first-order valence-corrected chi connectivity index (χ1v) is 15.6. The molecule has 4 aromatic rings. The van der Waals surface area contributed by atoms with Crippen LogP contribution in [0.25, 0.3) is 17.1 Å². The van der Waals surface area contributed by atoms with Crippen molar-refractivity contribution in [3.8, 4) is 17.1 Å². The third-order valence-corrected chi connectivity index (χ3v) is 8.77. The number of amides is 2. The molecule has 2 amide bonds. The van der Waals surface area contributed by atoms with E-state index in [1.165, 1.54) is 23.9 Å². The normalized spacial score (nSPS) is 15.2. The number of rotatable bonds is 9. The summed E-state index contributed by atoms with van der Waals surface area (Å²) in [7, 11) is 0. The third-order valence-electron chi connectivity index (χ3n) is 7.76. The van der Waals surface area contributed by atoms with Gasteiger partial charge in [0.15, 0.2) is 11.0 Å². The van der Waals surface area contributed by atoms with E-state index in [4.69, 9.17) is 0 Å². The zero-order valence-corrected chi connectivity index (χ0v) is 25.9. The number of carbonyl (C=O) groups excluding carboxylic acids is 2. The average Bonchev–Trinajstić information content (AvgIpc) is 3.46. The van der Waals surface area contributed by atoms with Crippen LogP contribution in [0.15, 0.2) is 78.0 Å². The van der Waals surface area contributed by atoms with Crippen LogP contribution >= 0.6 is 11.8 Å². The minimum Gasteiger partial charge on any atom is -0.339 e. The maximum Gasteiger partial charge on any atom is 0.416 e. The van der Waals surface area contributed by atoms with Crippen molar-refractivity contribution in [2.75, 3.05) is 25.4 Å². The van der Waals surface area contributed by atoms with E-state index < -0.39 is 16.7 Å². The molecule has 0 aliphatic carbocycles. The predicted molar refractivity (Wildman–Crippen MR) is 167 cm³/mol. The molecule has 1 aromatic heterocycles. The number of piperazine rings is 1. The van der Waals surface area contributed by atoms with Crippen molar-refractivity contribution in [2.45, 2.75) is 44.1 Å². The molecule has 14 heteroatoms. The van der Waals surface area contributed by atoms with E-state index in [0.29, 0.717) is 53.9 Å². The zero-order valence-electron chi connectivity index (χ0n) is 25.1. The number of thioether (sulfide) groups is 1. The van der Waals surface area contributed by atoms with E-state index in [1.54, 1.807) is 51.6 Å². The molecule has 0 radical (unpaired) electrons. The lowest BCUT2D eigenvalue weighted by molar-refractivity contribution is -0.385. The monoisotopic (exact) mass is 652 g/mol. The first kappa shape index (κ1) is 32.7. The Morgan fingerprint density at radius 3 is 2.48 bits per heavy atom. The molecular weight excluding hydrogens is 621 g/mol. The van der Waals surface area contributed by atoms with Gasteiger partial charge in [-0.25, -0.2) is 0 Å². The Labute approximate surface area is 267 Å². The molecule has 0 N–H and O–H groups in total. The van der Waals surface area contributed by atoms with E-state index in [9.17, 15) is 32.9 Å². The zero-order chi connectivity index (χ0) is 33.0. The Hall–Kier alpha value is -4.72. The predicted octanol–water partition coefficient (Wildman–Crippen LogP) is 6.42. The molecule has 240 valence electrons. The average molecular weight is 653 g/mol. The van der Waals surface area contributed by atoms with Crippen molar-refractivity contribution < 1.29 is 27.7 Å². The molecule has 2 heterocycles. The number of hydrogen-bond acceptors (Lipinski definition) is 7. The second-order valence-corrected chi connectivity index (χ2v) is 12.0. The van der Waals surface area contributed by atoms with Crippen molar-refractivity contribution in [3.63, 3.8) is 0 Å². The van der Waals surface area contributed by atoms with Gasteiger partial charge in [-0.1, -0.05) is 54.2 Å². The topological polar surface area (TPSA) is 114 Å². The van der Waals surface area contributed by atoms with E-state index in [2.05, 4.69) is 10.2 Å². The summed E-state index contributed by atoms with van der Waals surface area (Å²) in [6.45, 7) is 4.41. The van der Waals surface area contributed by atoms with Crippen LogP contribution < -0.4 is 0 Å². The Morgan fingerprint density at radius 2 is 1.78 bits per heavy atom. The number of nitro benzene ring substituents is 1. The molecule has 1 saturated heterocycles. The Kier molecular flexibility index (Phi) is 9.75. The summed E-state index contributed by atoms with van der Waals surface area (Å²) >= 11 is 1.30. The summed E-state index contributed by atoms with van der Waals surface area (Å²) in [6.07, 6.45) is -3.79. The van der Waals surface area contributed by atoms with E-state index in [1.807, 2.05) is 25.1 Å². The molecule has 10 nitrogen and oxygen atoms in total. The maximum absolute atomic E-state index is 13.5. The molecule has 0 spiro atoms. The second-order valence-electron chi connectivity index (χ2n) is 11.0. The first-order valence-electron chi connectivity index (χ1n) is 14.6. The van der Waals surface area contributed by atoms with E-state index >= 15 is 0 Å². The van der Waals surface area contributed by atoms with Crippen LogP contribution in [-0.4, -0.2) is 72.7 Å². The lowest BCUT2D eigenvalue weighted by Gasteiger charge is -2.40. The smallest absolute Gasteiger partial charge is 0.339 e. The number of nitro groups is 1. The molecule has 1 aliphatic heterocycles. The minimum absolute atomic E-state index is 0.0742. The van der Waals surface area contributed by atoms with Crippen LogP contribution in [-0.2, 0) is 11.0 Å². The van der Waals surface area contributed by atoms with Gasteiger partial charge in [0.05, 0.1) is 16.2 Å². The molecule has 0 bridgehead atoms.